The largest absolute Gasteiger partial charge is 0.477 e. The average molecular weight is 230 g/mol. The molecule has 0 aliphatic carbocycles. The summed E-state index contributed by atoms with van der Waals surface area (Å²) in [6, 6.07) is 6.65. The molecule has 0 saturated heterocycles. The van der Waals surface area contributed by atoms with Crippen molar-refractivity contribution in [2.24, 2.45) is 0 Å². The first kappa shape index (κ1) is 11.0. The highest BCUT2D eigenvalue weighted by Crippen LogP contribution is 2.15. The van der Waals surface area contributed by atoms with Crippen molar-refractivity contribution in [2.45, 2.75) is 0 Å². The van der Waals surface area contributed by atoms with E-state index in [-0.39, 0.29) is 11.5 Å². The minimum absolute atomic E-state index is 0.0648. The lowest BCUT2D eigenvalue weighted by atomic mass is 10.3. The van der Waals surface area contributed by atoms with Gasteiger partial charge in [0.25, 0.3) is 0 Å². The highest BCUT2D eigenvalue weighted by molar-refractivity contribution is 5.86. The molecule has 0 radical (unpaired) electrons. The van der Waals surface area contributed by atoms with Crippen LogP contribution in [-0.2, 0) is 0 Å². The van der Waals surface area contributed by atoms with Gasteiger partial charge in [-0.15, -0.1) is 0 Å². The maximum absolute atomic E-state index is 10.9. The first-order valence-electron chi connectivity index (χ1n) is 4.92. The van der Waals surface area contributed by atoms with Gasteiger partial charge in [0.05, 0.1) is 0 Å². The zero-order valence-electron chi connectivity index (χ0n) is 9.08. The Bertz CT molecular complexity index is 542. The first-order valence-corrected chi connectivity index (χ1v) is 4.92. The number of carboxylic acid groups (broad SMARTS) is 1. The molecule has 0 saturated carbocycles. The van der Waals surface area contributed by atoms with Crippen LogP contribution in [0.15, 0.2) is 30.5 Å². The minimum atomic E-state index is -1.10. The van der Waals surface area contributed by atoms with Crippen molar-refractivity contribution >= 4 is 11.8 Å². The van der Waals surface area contributed by atoms with Gasteiger partial charge in [0.1, 0.15) is 11.5 Å². The summed E-state index contributed by atoms with van der Waals surface area (Å²) in [5.41, 5.74) is 0.470. The molecule has 0 aromatic carbocycles. The lowest BCUT2D eigenvalue weighted by Gasteiger charge is -2.04. The fraction of sp³-hybridized carbons (Fsp3) is 0.0909. The van der Waals surface area contributed by atoms with Crippen LogP contribution in [0.3, 0.4) is 0 Å². The van der Waals surface area contributed by atoms with Crippen LogP contribution >= 0.6 is 0 Å². The molecular weight excluding hydrogens is 220 g/mol. The van der Waals surface area contributed by atoms with Gasteiger partial charge < -0.3 is 10.4 Å². The van der Waals surface area contributed by atoms with Crippen LogP contribution in [0.5, 0.6) is 0 Å². The zero-order valence-corrected chi connectivity index (χ0v) is 9.08. The van der Waals surface area contributed by atoms with Crippen LogP contribution in [0.1, 0.15) is 10.5 Å². The summed E-state index contributed by atoms with van der Waals surface area (Å²) >= 11 is 0. The molecule has 2 rings (SSSR count). The molecule has 0 bridgehead atoms. The van der Waals surface area contributed by atoms with Gasteiger partial charge in [-0.05, 0) is 12.1 Å². The Labute approximate surface area is 97.4 Å². The number of carboxylic acids is 1. The summed E-state index contributed by atoms with van der Waals surface area (Å²) in [7, 11) is 1.66. The minimum Gasteiger partial charge on any atom is -0.477 e. The summed E-state index contributed by atoms with van der Waals surface area (Å²) in [6.45, 7) is 0. The third-order valence-corrected chi connectivity index (χ3v) is 2.10. The topological polar surface area (TPSA) is 88.0 Å². The highest BCUT2D eigenvalue weighted by Gasteiger charge is 2.11. The number of carbonyl (C=O) groups is 1. The SMILES string of the molecule is CNc1cc(C(=O)O)nc(-c2ccccn2)n1. The molecule has 0 aliphatic heterocycles. The molecule has 0 atom stereocenters. The van der Waals surface area contributed by atoms with E-state index in [9.17, 15) is 4.79 Å². The smallest absolute Gasteiger partial charge is 0.354 e. The van der Waals surface area contributed by atoms with Crippen molar-refractivity contribution in [1.82, 2.24) is 15.0 Å². The van der Waals surface area contributed by atoms with Gasteiger partial charge in [-0.25, -0.2) is 14.8 Å². The Morgan fingerprint density at radius 1 is 1.35 bits per heavy atom. The fourth-order valence-electron chi connectivity index (χ4n) is 1.29. The van der Waals surface area contributed by atoms with Crippen molar-refractivity contribution in [3.8, 4) is 11.5 Å². The van der Waals surface area contributed by atoms with Crippen LogP contribution in [0.2, 0.25) is 0 Å². The van der Waals surface area contributed by atoms with Gasteiger partial charge in [0.15, 0.2) is 11.5 Å². The van der Waals surface area contributed by atoms with Crippen LogP contribution in [0.25, 0.3) is 11.5 Å². The summed E-state index contributed by atoms with van der Waals surface area (Å²) in [5, 5.41) is 11.7. The summed E-state index contributed by atoms with van der Waals surface area (Å²) in [6.07, 6.45) is 1.60. The van der Waals surface area contributed by atoms with Crippen LogP contribution < -0.4 is 5.32 Å². The second-order valence-electron chi connectivity index (χ2n) is 3.23. The van der Waals surface area contributed by atoms with Crippen molar-refractivity contribution in [3.05, 3.63) is 36.2 Å². The number of hydrogen-bond acceptors (Lipinski definition) is 5. The van der Waals surface area contributed by atoms with E-state index in [0.29, 0.717) is 11.5 Å². The van der Waals surface area contributed by atoms with Gasteiger partial charge >= 0.3 is 5.97 Å². The average Bonchev–Trinajstić information content (AvgIpc) is 2.39. The van der Waals surface area contributed by atoms with Crippen molar-refractivity contribution in [2.75, 3.05) is 12.4 Å². The molecule has 0 unspecified atom stereocenters. The number of hydrogen-bond donors (Lipinski definition) is 2. The summed E-state index contributed by atoms with van der Waals surface area (Å²) in [4.78, 5) is 23.1. The summed E-state index contributed by atoms with van der Waals surface area (Å²) < 4.78 is 0. The molecule has 2 aromatic rings. The number of rotatable bonds is 3. The van der Waals surface area contributed by atoms with E-state index in [1.807, 2.05) is 0 Å². The quantitative estimate of drug-likeness (QED) is 0.825. The molecular formula is C11H10N4O2. The van der Waals surface area contributed by atoms with E-state index in [2.05, 4.69) is 20.3 Å². The number of aromatic carboxylic acids is 1. The molecule has 17 heavy (non-hydrogen) atoms. The molecule has 2 aromatic heterocycles. The van der Waals surface area contributed by atoms with Gasteiger partial charge in [0.2, 0.25) is 0 Å². The zero-order chi connectivity index (χ0) is 12.3. The van der Waals surface area contributed by atoms with E-state index in [1.54, 1.807) is 31.4 Å². The van der Waals surface area contributed by atoms with E-state index in [4.69, 9.17) is 5.11 Å². The maximum Gasteiger partial charge on any atom is 0.354 e. The number of nitrogens with one attached hydrogen (secondary N) is 1. The standard InChI is InChI=1S/C11H10N4O2/c1-12-9-6-8(11(16)17)14-10(15-9)7-4-2-3-5-13-7/h2-6H,1H3,(H,16,17)(H,12,14,15). The number of anilines is 1. The Morgan fingerprint density at radius 3 is 2.76 bits per heavy atom. The molecule has 86 valence electrons. The molecule has 0 aliphatic rings. The predicted octanol–water partition coefficient (Wildman–Crippen LogP) is 1.28. The van der Waals surface area contributed by atoms with Crippen molar-refractivity contribution in [1.29, 1.82) is 0 Å². The number of nitrogens with zero attached hydrogens (tertiary/aromatic N) is 3. The maximum atomic E-state index is 10.9. The predicted molar refractivity (Wildman–Crippen MR) is 61.8 cm³/mol. The lowest BCUT2D eigenvalue weighted by molar-refractivity contribution is 0.0690. The second kappa shape index (κ2) is 4.56. The van der Waals surface area contributed by atoms with E-state index < -0.39 is 5.97 Å². The monoisotopic (exact) mass is 230 g/mol. The van der Waals surface area contributed by atoms with Gasteiger partial charge in [0, 0.05) is 19.3 Å². The van der Waals surface area contributed by atoms with E-state index >= 15 is 0 Å². The first-order chi connectivity index (χ1) is 8.20. The third-order valence-electron chi connectivity index (χ3n) is 2.10. The highest BCUT2D eigenvalue weighted by atomic mass is 16.4. The summed E-state index contributed by atoms with van der Waals surface area (Å²) in [5.74, 6) is -0.367. The van der Waals surface area contributed by atoms with E-state index in [1.165, 1.54) is 6.07 Å². The molecule has 6 nitrogen and oxygen atoms in total. The Balaban J connectivity index is 2.54. The second-order valence-corrected chi connectivity index (χ2v) is 3.23. The normalized spacial score (nSPS) is 9.94. The van der Waals surface area contributed by atoms with Crippen molar-refractivity contribution < 1.29 is 9.90 Å². The van der Waals surface area contributed by atoms with E-state index in [0.717, 1.165) is 0 Å². The van der Waals surface area contributed by atoms with Gasteiger partial charge in [-0.1, -0.05) is 6.07 Å². The van der Waals surface area contributed by atoms with Gasteiger partial charge in [-0.2, -0.15) is 0 Å². The third kappa shape index (κ3) is 2.36. The number of aromatic nitrogens is 3. The Kier molecular flexibility index (Phi) is 2.95. The number of pyridine rings is 1. The molecule has 2 N–H and O–H groups in total. The Morgan fingerprint density at radius 2 is 2.18 bits per heavy atom. The van der Waals surface area contributed by atoms with Crippen LogP contribution in [0, 0.1) is 0 Å². The molecule has 6 heteroatoms. The molecule has 0 fully saturated rings. The van der Waals surface area contributed by atoms with Crippen LogP contribution in [-0.4, -0.2) is 33.1 Å². The molecule has 0 amide bonds. The van der Waals surface area contributed by atoms with Crippen LogP contribution in [0.4, 0.5) is 5.82 Å². The molecule has 0 spiro atoms. The lowest BCUT2D eigenvalue weighted by Crippen LogP contribution is -2.06. The fourth-order valence-corrected chi connectivity index (χ4v) is 1.29. The van der Waals surface area contributed by atoms with Crippen molar-refractivity contribution in [3.63, 3.8) is 0 Å². The van der Waals surface area contributed by atoms with Gasteiger partial charge in [-0.3, -0.25) is 4.98 Å². The Hall–Kier alpha value is -2.50. The molecule has 2 heterocycles.